The van der Waals surface area contributed by atoms with Crippen molar-refractivity contribution in [2.24, 2.45) is 11.7 Å². The minimum absolute atomic E-state index is 0.442. The molecule has 0 heterocycles. The van der Waals surface area contributed by atoms with Gasteiger partial charge in [-0.1, -0.05) is 37.6 Å². The molecule has 0 radical (unpaired) electrons. The van der Waals surface area contributed by atoms with Crippen molar-refractivity contribution in [2.45, 2.75) is 19.8 Å². The first-order valence-corrected chi connectivity index (χ1v) is 4.98. The predicted molar refractivity (Wildman–Crippen MR) is 58.1 cm³/mol. The largest absolute Gasteiger partial charge is 0.330 e. The van der Waals surface area contributed by atoms with Gasteiger partial charge in [-0.15, -0.1) is 0 Å². The van der Waals surface area contributed by atoms with E-state index in [1.54, 1.807) is 0 Å². The van der Waals surface area contributed by atoms with Gasteiger partial charge in [0.15, 0.2) is 0 Å². The third kappa shape index (κ3) is 2.71. The van der Waals surface area contributed by atoms with Crippen molar-refractivity contribution in [3.63, 3.8) is 0 Å². The third-order valence-electron chi connectivity index (χ3n) is 2.36. The quantitative estimate of drug-likeness (QED) is 0.792. The molecule has 1 rings (SSSR count). The standard InChI is InChI=1S/C11H16ClN/c1-8(2)11(7-13)9-3-5-10(12)6-4-9/h3-6,8,11H,7,13H2,1-2H3. The molecule has 0 amide bonds. The molecule has 1 nitrogen and oxygen atoms in total. The van der Waals surface area contributed by atoms with Gasteiger partial charge in [0.1, 0.15) is 0 Å². The Morgan fingerprint density at radius 3 is 2.15 bits per heavy atom. The van der Waals surface area contributed by atoms with Gasteiger partial charge in [0.2, 0.25) is 0 Å². The fourth-order valence-corrected chi connectivity index (χ4v) is 1.63. The van der Waals surface area contributed by atoms with Crippen molar-refractivity contribution >= 4 is 11.6 Å². The second-order valence-electron chi connectivity index (χ2n) is 3.64. The Kier molecular flexibility index (Phi) is 3.76. The number of hydrogen-bond donors (Lipinski definition) is 1. The Morgan fingerprint density at radius 2 is 1.77 bits per heavy atom. The van der Waals surface area contributed by atoms with E-state index in [-0.39, 0.29) is 0 Å². The number of hydrogen-bond acceptors (Lipinski definition) is 1. The lowest BCUT2D eigenvalue weighted by Crippen LogP contribution is -2.17. The van der Waals surface area contributed by atoms with Crippen molar-refractivity contribution in [3.8, 4) is 0 Å². The number of halogens is 1. The average molecular weight is 198 g/mol. The van der Waals surface area contributed by atoms with E-state index in [4.69, 9.17) is 17.3 Å². The van der Waals surface area contributed by atoms with Crippen molar-refractivity contribution in [3.05, 3.63) is 34.9 Å². The molecule has 72 valence electrons. The lowest BCUT2D eigenvalue weighted by atomic mass is 9.89. The fourth-order valence-electron chi connectivity index (χ4n) is 1.50. The first-order chi connectivity index (χ1) is 6.15. The summed E-state index contributed by atoms with van der Waals surface area (Å²) in [6.45, 7) is 5.07. The Bertz CT molecular complexity index is 253. The Labute approximate surface area is 84.9 Å². The molecule has 0 aromatic heterocycles. The highest BCUT2D eigenvalue weighted by molar-refractivity contribution is 6.30. The van der Waals surface area contributed by atoms with Gasteiger partial charge in [0, 0.05) is 5.02 Å². The van der Waals surface area contributed by atoms with Gasteiger partial charge in [0.25, 0.3) is 0 Å². The molecule has 1 aromatic carbocycles. The Morgan fingerprint density at radius 1 is 1.23 bits per heavy atom. The average Bonchev–Trinajstić information content (AvgIpc) is 2.09. The zero-order valence-electron chi connectivity index (χ0n) is 8.13. The van der Waals surface area contributed by atoms with Crippen LogP contribution in [0, 0.1) is 5.92 Å². The summed E-state index contributed by atoms with van der Waals surface area (Å²) in [6.07, 6.45) is 0. The van der Waals surface area contributed by atoms with Gasteiger partial charge in [-0.05, 0) is 36.1 Å². The first kappa shape index (κ1) is 10.6. The maximum atomic E-state index is 5.81. The highest BCUT2D eigenvalue weighted by Crippen LogP contribution is 2.24. The van der Waals surface area contributed by atoms with Crippen LogP contribution in [0.15, 0.2) is 24.3 Å². The predicted octanol–water partition coefficient (Wildman–Crippen LogP) is 3.04. The van der Waals surface area contributed by atoms with E-state index < -0.39 is 0 Å². The second kappa shape index (κ2) is 4.64. The summed E-state index contributed by atoms with van der Waals surface area (Å²) in [5.74, 6) is 1.02. The lowest BCUT2D eigenvalue weighted by molar-refractivity contribution is 0.506. The zero-order chi connectivity index (χ0) is 9.84. The molecule has 0 aliphatic heterocycles. The molecule has 0 bridgehead atoms. The summed E-state index contributed by atoms with van der Waals surface area (Å²) < 4.78 is 0. The summed E-state index contributed by atoms with van der Waals surface area (Å²) in [7, 11) is 0. The second-order valence-corrected chi connectivity index (χ2v) is 4.07. The normalized spacial score (nSPS) is 13.3. The van der Waals surface area contributed by atoms with Crippen LogP contribution in [0.5, 0.6) is 0 Å². The van der Waals surface area contributed by atoms with E-state index >= 15 is 0 Å². The van der Waals surface area contributed by atoms with Crippen LogP contribution >= 0.6 is 11.6 Å². The maximum absolute atomic E-state index is 5.81. The van der Waals surface area contributed by atoms with Gasteiger partial charge < -0.3 is 5.73 Å². The van der Waals surface area contributed by atoms with Crippen LogP contribution in [-0.2, 0) is 0 Å². The number of benzene rings is 1. The van der Waals surface area contributed by atoms with E-state index in [0.717, 1.165) is 5.02 Å². The van der Waals surface area contributed by atoms with Crippen molar-refractivity contribution in [2.75, 3.05) is 6.54 Å². The summed E-state index contributed by atoms with van der Waals surface area (Å²) in [5, 5.41) is 0.781. The number of rotatable bonds is 3. The molecule has 1 unspecified atom stereocenters. The van der Waals surface area contributed by atoms with E-state index in [9.17, 15) is 0 Å². The van der Waals surface area contributed by atoms with Crippen LogP contribution in [0.25, 0.3) is 0 Å². The van der Waals surface area contributed by atoms with E-state index in [1.165, 1.54) is 5.56 Å². The van der Waals surface area contributed by atoms with E-state index in [0.29, 0.717) is 18.4 Å². The first-order valence-electron chi connectivity index (χ1n) is 4.60. The highest BCUT2D eigenvalue weighted by Gasteiger charge is 2.13. The SMILES string of the molecule is CC(C)C(CN)c1ccc(Cl)cc1. The highest BCUT2D eigenvalue weighted by atomic mass is 35.5. The molecular formula is C11H16ClN. The summed E-state index contributed by atoms with van der Waals surface area (Å²) in [4.78, 5) is 0. The lowest BCUT2D eigenvalue weighted by Gasteiger charge is -2.19. The molecule has 0 spiro atoms. The van der Waals surface area contributed by atoms with Crippen molar-refractivity contribution in [1.82, 2.24) is 0 Å². The number of nitrogens with two attached hydrogens (primary N) is 1. The van der Waals surface area contributed by atoms with Crippen molar-refractivity contribution in [1.29, 1.82) is 0 Å². The minimum atomic E-state index is 0.442. The fraction of sp³-hybridized carbons (Fsp3) is 0.455. The summed E-state index contributed by atoms with van der Waals surface area (Å²) >= 11 is 5.81. The van der Waals surface area contributed by atoms with Crippen molar-refractivity contribution < 1.29 is 0 Å². The van der Waals surface area contributed by atoms with Crippen LogP contribution in [-0.4, -0.2) is 6.54 Å². The third-order valence-corrected chi connectivity index (χ3v) is 2.61. The van der Waals surface area contributed by atoms with Gasteiger partial charge in [0.05, 0.1) is 0 Å². The molecule has 0 aliphatic carbocycles. The van der Waals surface area contributed by atoms with Gasteiger partial charge in [-0.3, -0.25) is 0 Å². The van der Waals surface area contributed by atoms with Crippen LogP contribution < -0.4 is 5.73 Å². The van der Waals surface area contributed by atoms with Crippen LogP contribution in [0.2, 0.25) is 5.02 Å². The minimum Gasteiger partial charge on any atom is -0.330 e. The van der Waals surface area contributed by atoms with Gasteiger partial charge in [-0.2, -0.15) is 0 Å². The molecule has 0 saturated heterocycles. The monoisotopic (exact) mass is 197 g/mol. The van der Waals surface area contributed by atoms with Gasteiger partial charge >= 0.3 is 0 Å². The molecule has 0 saturated carbocycles. The maximum Gasteiger partial charge on any atom is 0.0406 e. The summed E-state index contributed by atoms with van der Waals surface area (Å²) in [6, 6.07) is 7.95. The molecule has 0 aliphatic rings. The van der Waals surface area contributed by atoms with Crippen LogP contribution in [0.1, 0.15) is 25.3 Å². The molecule has 0 fully saturated rings. The topological polar surface area (TPSA) is 26.0 Å². The Balaban J connectivity index is 2.86. The van der Waals surface area contributed by atoms with E-state index in [2.05, 4.69) is 26.0 Å². The molecule has 1 aromatic rings. The molecule has 2 N–H and O–H groups in total. The Hall–Kier alpha value is -0.530. The van der Waals surface area contributed by atoms with Gasteiger partial charge in [-0.25, -0.2) is 0 Å². The molecule has 2 heteroatoms. The zero-order valence-corrected chi connectivity index (χ0v) is 8.88. The van der Waals surface area contributed by atoms with Crippen LogP contribution in [0.4, 0.5) is 0 Å². The molecular weight excluding hydrogens is 182 g/mol. The smallest absolute Gasteiger partial charge is 0.0406 e. The van der Waals surface area contributed by atoms with E-state index in [1.807, 2.05) is 12.1 Å². The summed E-state index contributed by atoms with van der Waals surface area (Å²) in [5.41, 5.74) is 6.99. The molecule has 13 heavy (non-hydrogen) atoms. The van der Waals surface area contributed by atoms with Crippen LogP contribution in [0.3, 0.4) is 0 Å². The molecule has 1 atom stereocenters.